The average molecular weight is 259 g/mol. The summed E-state index contributed by atoms with van der Waals surface area (Å²) in [4.78, 5) is 6.71. The Labute approximate surface area is 117 Å². The fourth-order valence-corrected chi connectivity index (χ4v) is 2.45. The average Bonchev–Trinajstić information content (AvgIpc) is 2.39. The first kappa shape index (κ1) is 15.5. The van der Waals surface area contributed by atoms with E-state index in [9.17, 15) is 5.26 Å². The van der Waals surface area contributed by atoms with Crippen LogP contribution in [0.4, 0.5) is 5.69 Å². The molecular weight excluding hydrogens is 234 g/mol. The fourth-order valence-electron chi connectivity index (χ4n) is 2.45. The number of nitrogens with zero attached hydrogens (tertiary/aromatic N) is 3. The van der Waals surface area contributed by atoms with Crippen molar-refractivity contribution in [1.82, 2.24) is 4.98 Å². The second kappa shape index (κ2) is 7.13. The summed E-state index contributed by atoms with van der Waals surface area (Å²) in [6.45, 7) is 12.5. The molecule has 3 nitrogen and oxygen atoms in total. The van der Waals surface area contributed by atoms with Gasteiger partial charge in [0.2, 0.25) is 0 Å². The molecule has 0 bridgehead atoms. The van der Waals surface area contributed by atoms with Crippen LogP contribution in [0, 0.1) is 31.1 Å². The molecule has 0 saturated heterocycles. The van der Waals surface area contributed by atoms with Gasteiger partial charge in [-0.25, -0.2) is 0 Å². The quantitative estimate of drug-likeness (QED) is 0.779. The van der Waals surface area contributed by atoms with Crippen LogP contribution in [0.5, 0.6) is 0 Å². The smallest absolute Gasteiger partial charge is 0.103 e. The van der Waals surface area contributed by atoms with Crippen LogP contribution < -0.4 is 4.90 Å². The number of hydrogen-bond acceptors (Lipinski definition) is 3. The van der Waals surface area contributed by atoms with Gasteiger partial charge in [-0.3, -0.25) is 4.98 Å². The lowest BCUT2D eigenvalue weighted by atomic mass is 10.0. The lowest BCUT2D eigenvalue weighted by molar-refractivity contribution is 0.486. The van der Waals surface area contributed by atoms with E-state index in [-0.39, 0.29) is 0 Å². The third-order valence-electron chi connectivity index (χ3n) is 3.78. The summed E-state index contributed by atoms with van der Waals surface area (Å²) in [5.74, 6) is 0.681. The Balaban J connectivity index is 3.14. The van der Waals surface area contributed by atoms with Crippen molar-refractivity contribution in [2.24, 2.45) is 5.92 Å². The summed E-state index contributed by atoms with van der Waals surface area (Å²) in [6, 6.07) is 4.35. The van der Waals surface area contributed by atoms with Crippen LogP contribution in [-0.4, -0.2) is 18.1 Å². The summed E-state index contributed by atoms with van der Waals surface area (Å²) >= 11 is 0. The highest BCUT2D eigenvalue weighted by Gasteiger charge is 2.16. The van der Waals surface area contributed by atoms with E-state index in [1.165, 1.54) is 12.8 Å². The number of aryl methyl sites for hydroxylation is 2. The maximum atomic E-state index is 9.37. The standard InChI is InChI=1S/C16H25N3/c1-6-14(7-2)11-19(8-3)16-9-12(4)18-13(5)15(16)10-17/h9,14H,6-8,11H2,1-5H3. The van der Waals surface area contributed by atoms with E-state index in [1.807, 2.05) is 19.9 Å². The van der Waals surface area contributed by atoms with Gasteiger partial charge in [0.1, 0.15) is 6.07 Å². The minimum atomic E-state index is 0.681. The molecular formula is C16H25N3. The zero-order valence-electron chi connectivity index (χ0n) is 12.8. The number of aromatic nitrogens is 1. The van der Waals surface area contributed by atoms with Gasteiger partial charge in [-0.1, -0.05) is 26.7 Å². The largest absolute Gasteiger partial charge is 0.370 e. The van der Waals surface area contributed by atoms with Crippen molar-refractivity contribution >= 4 is 5.69 Å². The summed E-state index contributed by atoms with van der Waals surface area (Å²) in [6.07, 6.45) is 2.36. The molecule has 0 N–H and O–H groups in total. The number of pyridine rings is 1. The Hall–Kier alpha value is -1.56. The van der Waals surface area contributed by atoms with Gasteiger partial charge in [-0.05, 0) is 32.8 Å². The predicted molar refractivity (Wildman–Crippen MR) is 80.4 cm³/mol. The third kappa shape index (κ3) is 3.70. The molecule has 19 heavy (non-hydrogen) atoms. The Morgan fingerprint density at radius 3 is 2.37 bits per heavy atom. The minimum Gasteiger partial charge on any atom is -0.370 e. The second-order valence-electron chi connectivity index (χ2n) is 5.08. The van der Waals surface area contributed by atoms with Gasteiger partial charge in [-0.15, -0.1) is 0 Å². The molecule has 0 saturated carbocycles. The molecule has 1 rings (SSSR count). The number of rotatable bonds is 6. The van der Waals surface area contributed by atoms with E-state index in [2.05, 4.69) is 36.7 Å². The lowest BCUT2D eigenvalue weighted by Crippen LogP contribution is -2.30. The summed E-state index contributed by atoms with van der Waals surface area (Å²) in [7, 11) is 0. The number of nitriles is 1. The van der Waals surface area contributed by atoms with E-state index in [0.29, 0.717) is 5.92 Å². The molecule has 0 fully saturated rings. The van der Waals surface area contributed by atoms with Crippen molar-refractivity contribution in [1.29, 1.82) is 5.26 Å². The van der Waals surface area contributed by atoms with Gasteiger partial charge in [0, 0.05) is 18.8 Å². The molecule has 0 aliphatic carbocycles. The van der Waals surface area contributed by atoms with E-state index in [1.54, 1.807) is 0 Å². The van der Waals surface area contributed by atoms with Crippen LogP contribution in [0.2, 0.25) is 0 Å². The van der Waals surface area contributed by atoms with Crippen molar-refractivity contribution in [2.45, 2.75) is 47.5 Å². The molecule has 104 valence electrons. The Bertz CT molecular complexity index is 456. The van der Waals surface area contributed by atoms with E-state index < -0.39 is 0 Å². The highest BCUT2D eigenvalue weighted by atomic mass is 15.1. The molecule has 0 unspecified atom stereocenters. The van der Waals surface area contributed by atoms with Crippen molar-refractivity contribution in [3.63, 3.8) is 0 Å². The SMILES string of the molecule is CCC(CC)CN(CC)c1cc(C)nc(C)c1C#N. The summed E-state index contributed by atoms with van der Waals surface area (Å²) in [5.41, 5.74) is 3.58. The molecule has 3 heteroatoms. The molecule has 0 amide bonds. The zero-order chi connectivity index (χ0) is 14.4. The first-order valence-corrected chi connectivity index (χ1v) is 7.20. The van der Waals surface area contributed by atoms with Gasteiger partial charge >= 0.3 is 0 Å². The predicted octanol–water partition coefficient (Wildman–Crippen LogP) is 3.83. The van der Waals surface area contributed by atoms with Crippen molar-refractivity contribution in [3.05, 3.63) is 23.0 Å². The van der Waals surface area contributed by atoms with Gasteiger partial charge < -0.3 is 4.90 Å². The molecule has 0 radical (unpaired) electrons. The summed E-state index contributed by atoms with van der Waals surface area (Å²) < 4.78 is 0. The van der Waals surface area contributed by atoms with Crippen LogP contribution >= 0.6 is 0 Å². The first-order valence-electron chi connectivity index (χ1n) is 7.20. The molecule has 1 aromatic rings. The highest BCUT2D eigenvalue weighted by Crippen LogP contribution is 2.25. The van der Waals surface area contributed by atoms with Gasteiger partial charge in [-0.2, -0.15) is 5.26 Å². The van der Waals surface area contributed by atoms with Crippen molar-refractivity contribution in [3.8, 4) is 6.07 Å². The number of hydrogen-bond donors (Lipinski definition) is 0. The van der Waals surface area contributed by atoms with E-state index in [4.69, 9.17) is 0 Å². The normalized spacial score (nSPS) is 10.6. The lowest BCUT2D eigenvalue weighted by Gasteiger charge is -2.28. The van der Waals surface area contributed by atoms with Crippen molar-refractivity contribution in [2.75, 3.05) is 18.0 Å². The van der Waals surface area contributed by atoms with E-state index in [0.717, 1.165) is 35.7 Å². The molecule has 0 spiro atoms. The van der Waals surface area contributed by atoms with Crippen LogP contribution in [-0.2, 0) is 0 Å². The van der Waals surface area contributed by atoms with Crippen LogP contribution in [0.3, 0.4) is 0 Å². The third-order valence-corrected chi connectivity index (χ3v) is 3.78. The maximum absolute atomic E-state index is 9.37. The molecule has 0 atom stereocenters. The van der Waals surface area contributed by atoms with Crippen molar-refractivity contribution < 1.29 is 0 Å². The molecule has 1 aromatic heterocycles. The maximum Gasteiger partial charge on any atom is 0.103 e. The zero-order valence-corrected chi connectivity index (χ0v) is 12.8. The monoisotopic (exact) mass is 259 g/mol. The highest BCUT2D eigenvalue weighted by molar-refractivity contribution is 5.61. The number of anilines is 1. The second-order valence-corrected chi connectivity index (χ2v) is 5.08. The van der Waals surface area contributed by atoms with Gasteiger partial charge in [0.15, 0.2) is 0 Å². The van der Waals surface area contributed by atoms with Crippen LogP contribution in [0.15, 0.2) is 6.07 Å². The van der Waals surface area contributed by atoms with E-state index >= 15 is 0 Å². The van der Waals surface area contributed by atoms with Gasteiger partial charge in [0.25, 0.3) is 0 Å². The Morgan fingerprint density at radius 2 is 1.89 bits per heavy atom. The van der Waals surface area contributed by atoms with Gasteiger partial charge in [0.05, 0.1) is 16.9 Å². The Kier molecular flexibility index (Phi) is 5.82. The topological polar surface area (TPSA) is 39.9 Å². The molecule has 0 aliphatic heterocycles. The minimum absolute atomic E-state index is 0.681. The molecule has 0 aliphatic rings. The first-order chi connectivity index (χ1) is 9.07. The molecule has 1 heterocycles. The van der Waals surface area contributed by atoms with Crippen LogP contribution in [0.25, 0.3) is 0 Å². The summed E-state index contributed by atoms with van der Waals surface area (Å²) in [5, 5.41) is 9.37. The fraction of sp³-hybridized carbons (Fsp3) is 0.625. The molecule has 0 aromatic carbocycles. The van der Waals surface area contributed by atoms with Crippen LogP contribution in [0.1, 0.15) is 50.6 Å². The Morgan fingerprint density at radius 1 is 1.26 bits per heavy atom.